The van der Waals surface area contributed by atoms with E-state index >= 15 is 0 Å². The molecule has 44 heteroatoms. The third kappa shape index (κ3) is 38.9. The largest absolute Gasteiger partial charge is 0.875 e. The number of hydrogen-bond acceptors (Lipinski definition) is 35. The van der Waals surface area contributed by atoms with Gasteiger partial charge >= 0.3 is 71.8 Å². The average Bonchev–Trinajstić information content (AvgIpc) is 1.54. The van der Waals surface area contributed by atoms with Gasteiger partial charge in [-0.25, -0.2) is 47.9 Å². The maximum absolute atomic E-state index is 12.2. The van der Waals surface area contributed by atoms with Gasteiger partial charge in [-0.15, -0.1) is 17.5 Å². The average molecular weight is 1900 g/mol. The van der Waals surface area contributed by atoms with Gasteiger partial charge in [0.1, 0.15) is 45.9 Å². The number of para-hydroxylation sites is 2. The van der Waals surface area contributed by atoms with Crippen molar-refractivity contribution >= 4 is 77.4 Å². The van der Waals surface area contributed by atoms with Crippen molar-refractivity contribution in [1.82, 2.24) is 0 Å². The molecule has 0 aromatic heterocycles. The van der Waals surface area contributed by atoms with Gasteiger partial charge in [0.05, 0.1) is 47.5 Å². The van der Waals surface area contributed by atoms with Gasteiger partial charge in [0.15, 0.2) is 80.6 Å². The van der Waals surface area contributed by atoms with Crippen LogP contribution in [0.4, 0.5) is 13.2 Å². The number of rotatable bonds is 33. The number of esters is 5. The van der Waals surface area contributed by atoms with Crippen LogP contribution in [0.5, 0.6) is 80.5 Å². The van der Waals surface area contributed by atoms with Crippen LogP contribution in [-0.4, -0.2) is 206 Å². The lowest BCUT2D eigenvalue weighted by Gasteiger charge is -2.25. The fourth-order valence-electron chi connectivity index (χ4n) is 11.3. The van der Waals surface area contributed by atoms with Gasteiger partial charge in [-0.05, 0) is 157 Å². The van der Waals surface area contributed by atoms with Crippen LogP contribution in [0, 0.1) is 44.6 Å². The number of alkyl halides is 3. The number of hydrogen-bond donors (Lipinski definition) is 6. The zero-order valence-corrected chi connectivity index (χ0v) is 74.8. The Bertz CT molecular complexity index is 4960. The van der Waals surface area contributed by atoms with Gasteiger partial charge in [0.25, 0.3) is 0 Å². The Balaban J connectivity index is 0.00000158. The zero-order chi connectivity index (χ0) is 93.7. The van der Waals surface area contributed by atoms with E-state index in [0.717, 1.165) is 106 Å². The lowest BCUT2D eigenvalue weighted by molar-refractivity contribution is -0.305. The highest BCUT2D eigenvalue weighted by Gasteiger charge is 2.36. The third-order valence-corrected chi connectivity index (χ3v) is 17.7. The molecule has 11 rings (SSSR count). The Morgan fingerprint density at radius 2 is 0.977 bits per heavy atom. The fourth-order valence-corrected chi connectivity index (χ4v) is 11.6. The second-order valence-corrected chi connectivity index (χ2v) is 27.9. The summed E-state index contributed by atoms with van der Waals surface area (Å²) >= 11 is 1.36. The van der Waals surface area contributed by atoms with Gasteiger partial charge in [-0.3, -0.25) is 4.79 Å². The Kier molecular flexibility index (Phi) is 50.5. The summed E-state index contributed by atoms with van der Waals surface area (Å²) < 4.78 is 121. The summed E-state index contributed by atoms with van der Waals surface area (Å²) in [5.74, 6) is -15.0. The number of ether oxygens (including phenoxy) is 17. The summed E-state index contributed by atoms with van der Waals surface area (Å²) in [5.41, 5.74) is -3.46. The first-order chi connectivity index (χ1) is 60.1. The topological polar surface area (TPSA) is 604 Å². The number of aliphatic carboxylic acids is 1. The number of cyclic esters (lactones) is 1. The number of aromatic carboxylic acids is 5. The molecule has 2 aliphatic heterocycles. The molecule has 6 aromatic rings. The predicted molar refractivity (Wildman–Crippen MR) is 451 cm³/mol. The highest BCUT2D eigenvalue weighted by Crippen LogP contribution is 2.39. The van der Waals surface area contributed by atoms with E-state index in [0.29, 0.717) is 12.2 Å². The molecular weight excluding hydrogens is 1800 g/mol. The first-order valence-electron chi connectivity index (χ1n) is 37.4. The van der Waals surface area contributed by atoms with Crippen molar-refractivity contribution in [2.24, 2.45) is 0 Å². The molecule has 133 heavy (non-hydrogen) atoms. The molecule has 2 heterocycles. The van der Waals surface area contributed by atoms with Gasteiger partial charge in [0, 0.05) is 76.8 Å². The lowest BCUT2D eigenvalue weighted by atomic mass is 10.1. The Labute approximate surface area is 767 Å². The maximum Gasteiger partial charge on any atom is 0.422 e. The van der Waals surface area contributed by atoms with Crippen LogP contribution in [0.3, 0.4) is 0 Å². The summed E-state index contributed by atoms with van der Waals surface area (Å²) in [4.78, 5) is 123. The van der Waals surface area contributed by atoms with E-state index in [4.69, 9.17) is 96.6 Å². The van der Waals surface area contributed by atoms with Crippen LogP contribution in [0.15, 0.2) is 138 Å². The van der Waals surface area contributed by atoms with Crippen molar-refractivity contribution in [3.8, 4) is 80.5 Å². The standard InChI is InChI=1S/C23H30O9.C16H16O6S.C11H9F3O6.C11H14O7.2C11H10O6.6CH3/c1-22(7-3-4-8-22)31-19(25)13-29-17-11-15(21(27)28)16(24)12-18(17)30-14-20(26)32-23(2)9-5-6-10-23;1-23-10-22-14-8-12(7-13(17)15(14)16(18)19)21-9-20-11-5-3-2-4-6-11;12-11(13,14)5-20-9(16)4-19-6-1-2-8(15)7(3-6)10(17)18;1-15-5-17-9-3-7(11(13)14)8(12)4-10(9)18-6-16-2;12-7-3-6(11(14)15)4-8-9(5-7)17-10(13)1-2-16-8;12-9-6(10(13)14)2-1-3-7(9)17-8-4-5-16-11(8)15;;;;;;/h11-12,24H,3-10,13-14H2,1-2H3,(H,27,28);2-8,17H,9-10H2,1H3,(H,18,19);1-3,15H,4-5H2,(H,17,18);3-4,12H,5-6H2,1-2H3,(H,13,14);4-5,12H,1-3H2,(H,14,15);1-3,8,12H,4-5H2,(H,13,14);6*1H3/q;;;;;;6*+1/p-6. The first kappa shape index (κ1) is 118. The molecule has 1 unspecified atom stereocenters. The first-order valence-corrected chi connectivity index (χ1v) is 38.8. The second-order valence-electron chi connectivity index (χ2n) is 27.1. The molecular formula is C89H101F3O40S. The number of halogens is 3. The molecule has 3 fully saturated rings. The molecule has 1 saturated heterocycles. The maximum atomic E-state index is 12.2. The number of thioether (sulfide) groups is 1. The number of carboxylic acids is 6. The molecule has 1 atom stereocenters. The number of carbonyl (C=O) groups excluding carboxylic acids is 5. The number of benzene rings is 6. The summed E-state index contributed by atoms with van der Waals surface area (Å²) in [6, 6.07) is 22.3. The van der Waals surface area contributed by atoms with Crippen molar-refractivity contribution in [3.05, 3.63) is 211 Å². The molecule has 0 radical (unpaired) electrons. The van der Waals surface area contributed by atoms with E-state index in [-0.39, 0.29) is 166 Å². The highest BCUT2D eigenvalue weighted by molar-refractivity contribution is 7.98. The normalized spacial score (nSPS) is 14.2. The van der Waals surface area contributed by atoms with Gasteiger partial charge in [-0.2, -0.15) is 13.2 Å². The molecule has 724 valence electrons. The smallest absolute Gasteiger partial charge is 0.422 e. The van der Waals surface area contributed by atoms with Crippen LogP contribution in [-0.2, 0) is 66.7 Å². The van der Waals surface area contributed by atoms with Crippen molar-refractivity contribution in [1.29, 1.82) is 0 Å². The number of methoxy groups -OCH3 is 2. The molecule has 5 aliphatic rings. The minimum absolute atomic E-state index is 0. The van der Waals surface area contributed by atoms with Crippen molar-refractivity contribution in [2.75, 3.05) is 86.4 Å². The number of carboxylic acid groups (broad SMARTS) is 6. The van der Waals surface area contributed by atoms with Gasteiger partial charge in [0.2, 0.25) is 6.79 Å². The van der Waals surface area contributed by atoms with Crippen LogP contribution in [0.1, 0.15) is 136 Å². The van der Waals surface area contributed by atoms with E-state index in [1.165, 1.54) is 56.3 Å². The Morgan fingerprint density at radius 3 is 1.47 bits per heavy atom. The van der Waals surface area contributed by atoms with Crippen molar-refractivity contribution in [3.63, 3.8) is 0 Å². The van der Waals surface area contributed by atoms with E-state index < -0.39 is 172 Å². The van der Waals surface area contributed by atoms with Crippen LogP contribution in [0.25, 0.3) is 0 Å². The summed E-state index contributed by atoms with van der Waals surface area (Å²) in [6.45, 7) is 0.208. The van der Waals surface area contributed by atoms with Crippen molar-refractivity contribution in [2.45, 2.75) is 108 Å². The Morgan fingerprint density at radius 1 is 0.474 bits per heavy atom. The molecule has 6 N–H and O–H groups in total. The lowest BCUT2D eigenvalue weighted by Crippen LogP contribution is -2.31. The molecule has 0 spiro atoms. The van der Waals surface area contributed by atoms with E-state index in [9.17, 15) is 102 Å². The summed E-state index contributed by atoms with van der Waals surface area (Å²) in [6.07, 6.45) is 5.79. The number of carbonyl (C=O) groups is 11. The predicted octanol–water partition coefficient (Wildman–Crippen LogP) is 9.58. The minimum Gasteiger partial charge on any atom is -0.875 e. The van der Waals surface area contributed by atoms with Gasteiger partial charge in [-0.1, -0.05) is 59.1 Å². The van der Waals surface area contributed by atoms with Crippen LogP contribution in [0.2, 0.25) is 0 Å². The summed E-state index contributed by atoms with van der Waals surface area (Å²) in [7, 11) is 2.83. The van der Waals surface area contributed by atoms with E-state index in [2.05, 4.69) is 9.47 Å². The zero-order valence-electron chi connectivity index (χ0n) is 74.0. The highest BCUT2D eigenvalue weighted by atomic mass is 32.2. The van der Waals surface area contributed by atoms with Gasteiger partial charge < -0.3 is 142 Å². The molecule has 2 saturated carbocycles. The molecule has 0 bridgehead atoms. The van der Waals surface area contributed by atoms with Crippen LogP contribution < -0.4 is 73.3 Å². The quantitative estimate of drug-likeness (QED) is 0.00965. The molecule has 6 aromatic carbocycles. The SMILES string of the molecule is CC1(OC(=O)COc2cc([O-])c(C(=O)O)cc2OCC(=O)OC2(C)CCCC2)CCCC1.COCOc1cc([O-])c(C(=O)O)cc1OCOC.CSCOc1cc(OCOc2ccccc2)cc([O-])c1C(=O)O.O=C(COc1ccc([O-])c(C(=O)O)c1)OCC(F)(F)F.O=C(O)c1cccc(OC2CCOC2=O)c1[O-].O=C1CCOC2=C(C=C([O-])CC(C(=O)O)=C2)O1.[CH3+].[CH3+].[CH3+].[CH3+].[CH3+].[CH3+]. The van der Waals surface area contributed by atoms with Crippen molar-refractivity contribution < 1.29 is 208 Å². The fraction of sp³-hybridized carbons (Fsp3) is 0.337. The second kappa shape index (κ2) is 57.0. The Hall–Kier alpha value is -15.2. The summed E-state index contributed by atoms with van der Waals surface area (Å²) in [5, 5.41) is 123. The van der Waals surface area contributed by atoms with Crippen LogP contribution >= 0.6 is 11.8 Å². The minimum atomic E-state index is -4.64. The molecule has 3 aliphatic carbocycles. The molecule has 0 amide bonds. The monoisotopic (exact) mass is 1900 g/mol. The third-order valence-electron chi connectivity index (χ3n) is 17.3. The van der Waals surface area contributed by atoms with E-state index in [1.807, 2.05) is 32.0 Å². The molecule has 40 nitrogen and oxygen atoms in total. The van der Waals surface area contributed by atoms with E-state index in [1.54, 1.807) is 18.4 Å². The number of allylic oxidation sites excluding steroid dienone is 3.